The molecule has 0 bridgehead atoms. The Labute approximate surface area is 204 Å². The van der Waals surface area contributed by atoms with Crippen molar-refractivity contribution >= 4 is 17.9 Å². The van der Waals surface area contributed by atoms with E-state index in [0.717, 1.165) is 0 Å². The summed E-state index contributed by atoms with van der Waals surface area (Å²) in [4.78, 5) is 17.1. The summed E-state index contributed by atoms with van der Waals surface area (Å²) >= 11 is 0. The van der Waals surface area contributed by atoms with Crippen molar-refractivity contribution in [1.29, 1.82) is 0 Å². The van der Waals surface area contributed by atoms with Crippen LogP contribution in [0.3, 0.4) is 0 Å². The van der Waals surface area contributed by atoms with Gasteiger partial charge in [-0.2, -0.15) is 0 Å². The first kappa shape index (κ1) is 24.7. The first-order valence-electron chi connectivity index (χ1n) is 10.9. The molecule has 0 amide bonds. The second-order valence-corrected chi connectivity index (χ2v) is 7.61. The highest BCUT2D eigenvalue weighted by atomic mass is 19.4. The molecule has 1 unspecified atom stereocenters. The van der Waals surface area contributed by atoms with Crippen molar-refractivity contribution in [3.05, 3.63) is 89.9 Å². The van der Waals surface area contributed by atoms with Crippen LogP contribution in [0.5, 0.6) is 11.5 Å². The van der Waals surface area contributed by atoms with Gasteiger partial charge in [-0.1, -0.05) is 24.3 Å². The zero-order valence-electron chi connectivity index (χ0n) is 19.1. The molecule has 0 aliphatic carbocycles. The molecule has 4 rings (SSSR count). The predicted molar refractivity (Wildman–Crippen MR) is 123 cm³/mol. The predicted octanol–water partition coefficient (Wildman–Crippen LogP) is 5.75. The molecule has 11 heteroatoms. The number of carbonyl (C=O) groups is 1. The lowest BCUT2D eigenvalue weighted by Gasteiger charge is -2.14. The highest BCUT2D eigenvalue weighted by Gasteiger charge is 2.30. The summed E-state index contributed by atoms with van der Waals surface area (Å²) in [7, 11) is 0. The number of oxazole rings is 1. The van der Waals surface area contributed by atoms with Crippen molar-refractivity contribution in [1.82, 2.24) is 20.0 Å². The Balaban J connectivity index is 1.30. The van der Waals surface area contributed by atoms with Crippen LogP contribution in [0, 0.1) is 0 Å². The van der Waals surface area contributed by atoms with Gasteiger partial charge in [-0.25, -0.2) is 9.67 Å². The lowest BCUT2D eigenvalue weighted by molar-refractivity contribution is -0.274. The van der Waals surface area contributed by atoms with Crippen molar-refractivity contribution in [2.24, 2.45) is 0 Å². The number of rotatable bonds is 10. The summed E-state index contributed by atoms with van der Waals surface area (Å²) in [6.07, 6.45) is 3.72. The summed E-state index contributed by atoms with van der Waals surface area (Å²) < 4.78 is 53.2. The van der Waals surface area contributed by atoms with Crippen molar-refractivity contribution in [2.75, 3.05) is 0 Å². The molecule has 0 radical (unpaired) electrons. The molecule has 0 spiro atoms. The molecular formula is C25H21F3N4O4. The SMILES string of the molecule is CCC(C(=O)c1ccc(OCc2coc(/C=C/c3ccc(OC(F)(F)F)cc3)n2)cc1)n1ccnn1. The second-order valence-electron chi connectivity index (χ2n) is 7.61. The Hall–Kier alpha value is -4.41. The van der Waals surface area contributed by atoms with E-state index in [4.69, 9.17) is 9.15 Å². The van der Waals surface area contributed by atoms with E-state index in [1.54, 1.807) is 47.3 Å². The molecule has 0 aliphatic rings. The molecule has 0 fully saturated rings. The van der Waals surface area contributed by atoms with E-state index >= 15 is 0 Å². The van der Waals surface area contributed by atoms with Crippen molar-refractivity contribution < 1.29 is 31.9 Å². The average molecular weight is 498 g/mol. The third-order valence-corrected chi connectivity index (χ3v) is 5.08. The van der Waals surface area contributed by atoms with Crippen LogP contribution >= 0.6 is 0 Å². The van der Waals surface area contributed by atoms with E-state index in [2.05, 4.69) is 20.0 Å². The van der Waals surface area contributed by atoms with E-state index in [9.17, 15) is 18.0 Å². The fraction of sp³-hybridized carbons (Fsp3) is 0.200. The number of carbonyl (C=O) groups excluding carboxylic acids is 1. The van der Waals surface area contributed by atoms with Crippen LogP contribution in [0.1, 0.15) is 46.9 Å². The highest BCUT2D eigenvalue weighted by molar-refractivity contribution is 5.99. The van der Waals surface area contributed by atoms with Crippen LogP contribution < -0.4 is 9.47 Å². The minimum Gasteiger partial charge on any atom is -0.487 e. The van der Waals surface area contributed by atoms with E-state index in [1.165, 1.54) is 36.7 Å². The smallest absolute Gasteiger partial charge is 0.487 e. The second kappa shape index (κ2) is 10.9. The van der Waals surface area contributed by atoms with Gasteiger partial charge in [0.2, 0.25) is 5.89 Å². The van der Waals surface area contributed by atoms with E-state index in [1.807, 2.05) is 6.92 Å². The number of ether oxygens (including phenoxy) is 2. The highest BCUT2D eigenvalue weighted by Crippen LogP contribution is 2.24. The first-order valence-corrected chi connectivity index (χ1v) is 10.9. The summed E-state index contributed by atoms with van der Waals surface area (Å²) in [5, 5.41) is 7.68. The van der Waals surface area contributed by atoms with Gasteiger partial charge in [-0.3, -0.25) is 4.79 Å². The van der Waals surface area contributed by atoms with Crippen molar-refractivity contribution in [3.63, 3.8) is 0 Å². The third kappa shape index (κ3) is 6.59. The Morgan fingerprint density at radius 1 is 1.08 bits per heavy atom. The normalized spacial score (nSPS) is 12.6. The minimum absolute atomic E-state index is 0.0648. The number of aromatic nitrogens is 4. The van der Waals surface area contributed by atoms with Crippen LogP contribution in [0.4, 0.5) is 13.2 Å². The zero-order chi connectivity index (χ0) is 25.5. The zero-order valence-corrected chi connectivity index (χ0v) is 19.1. The van der Waals surface area contributed by atoms with Gasteiger partial charge < -0.3 is 13.9 Å². The molecule has 2 aromatic heterocycles. The van der Waals surface area contributed by atoms with Crippen LogP contribution in [0.25, 0.3) is 12.2 Å². The van der Waals surface area contributed by atoms with Gasteiger partial charge in [0.25, 0.3) is 0 Å². The molecule has 2 aromatic carbocycles. The number of nitrogens with zero attached hydrogens (tertiary/aromatic N) is 4. The number of Topliss-reactive ketones (excluding diaryl/α,β-unsaturated/α-hetero) is 1. The number of hydrogen-bond acceptors (Lipinski definition) is 7. The Bertz CT molecular complexity index is 1300. The maximum absolute atomic E-state index is 12.8. The molecule has 4 aromatic rings. The first-order chi connectivity index (χ1) is 17.3. The summed E-state index contributed by atoms with van der Waals surface area (Å²) in [5.41, 5.74) is 1.72. The fourth-order valence-electron chi connectivity index (χ4n) is 3.35. The van der Waals surface area contributed by atoms with Crippen LogP contribution in [0.15, 0.2) is 71.6 Å². The number of benzene rings is 2. The summed E-state index contributed by atoms with van der Waals surface area (Å²) in [6, 6.07) is 11.8. The number of ketones is 1. The Morgan fingerprint density at radius 3 is 2.44 bits per heavy atom. The maximum atomic E-state index is 12.8. The van der Waals surface area contributed by atoms with Gasteiger partial charge in [0.05, 0.1) is 6.20 Å². The molecule has 186 valence electrons. The third-order valence-electron chi connectivity index (χ3n) is 5.08. The lowest BCUT2D eigenvalue weighted by Crippen LogP contribution is -2.19. The van der Waals surface area contributed by atoms with Gasteiger partial charge in [0, 0.05) is 17.8 Å². The number of alkyl halides is 3. The molecule has 0 saturated carbocycles. The molecule has 1 atom stereocenters. The largest absolute Gasteiger partial charge is 0.573 e. The van der Waals surface area contributed by atoms with Gasteiger partial charge in [0.15, 0.2) is 5.78 Å². The van der Waals surface area contributed by atoms with Gasteiger partial charge in [0.1, 0.15) is 36.1 Å². The van der Waals surface area contributed by atoms with Crippen LogP contribution in [-0.2, 0) is 6.61 Å². The molecule has 0 saturated heterocycles. The minimum atomic E-state index is -4.73. The van der Waals surface area contributed by atoms with E-state index in [-0.39, 0.29) is 18.1 Å². The quantitative estimate of drug-likeness (QED) is 0.257. The number of halogens is 3. The van der Waals surface area contributed by atoms with Gasteiger partial charge in [-0.15, -0.1) is 18.3 Å². The van der Waals surface area contributed by atoms with Crippen LogP contribution in [-0.4, -0.2) is 32.1 Å². The molecule has 2 heterocycles. The molecule has 0 aliphatic heterocycles. The van der Waals surface area contributed by atoms with Crippen molar-refractivity contribution in [2.45, 2.75) is 32.4 Å². The fourth-order valence-corrected chi connectivity index (χ4v) is 3.35. The lowest BCUT2D eigenvalue weighted by atomic mass is 10.0. The van der Waals surface area contributed by atoms with E-state index < -0.39 is 12.4 Å². The van der Waals surface area contributed by atoms with Gasteiger partial charge >= 0.3 is 6.36 Å². The topological polar surface area (TPSA) is 92.3 Å². The average Bonchev–Trinajstić information content (AvgIpc) is 3.55. The molecular weight excluding hydrogens is 477 g/mol. The maximum Gasteiger partial charge on any atom is 0.573 e. The standard InChI is InChI=1S/C25H21F3N4O4/c1-2-22(32-14-13-29-31-32)24(33)18-6-10-20(11-7-18)34-15-19-16-35-23(30-19)12-5-17-3-8-21(9-4-17)36-25(26,27)28/h3-14,16,22H,2,15H2,1H3/b12-5+. The molecule has 8 nitrogen and oxygen atoms in total. The summed E-state index contributed by atoms with van der Waals surface area (Å²) in [6.45, 7) is 2.05. The van der Waals surface area contributed by atoms with Crippen molar-refractivity contribution in [3.8, 4) is 11.5 Å². The monoisotopic (exact) mass is 498 g/mol. The Morgan fingerprint density at radius 2 is 1.81 bits per heavy atom. The molecule has 0 N–H and O–H groups in total. The van der Waals surface area contributed by atoms with Gasteiger partial charge in [-0.05, 0) is 54.5 Å². The van der Waals surface area contributed by atoms with Crippen LogP contribution in [0.2, 0.25) is 0 Å². The summed E-state index contributed by atoms with van der Waals surface area (Å²) in [5.74, 6) is 0.503. The number of hydrogen-bond donors (Lipinski definition) is 0. The van der Waals surface area contributed by atoms with E-state index in [0.29, 0.717) is 34.9 Å². The molecule has 36 heavy (non-hydrogen) atoms. The Kier molecular flexibility index (Phi) is 7.47.